The minimum absolute atomic E-state index is 0.393. The maximum atomic E-state index is 6.08. The van der Waals surface area contributed by atoms with Gasteiger partial charge in [-0.25, -0.2) is 0 Å². The van der Waals surface area contributed by atoms with E-state index in [9.17, 15) is 0 Å². The van der Waals surface area contributed by atoms with E-state index in [0.717, 1.165) is 56.1 Å². The van der Waals surface area contributed by atoms with Crippen LogP contribution in [0.3, 0.4) is 0 Å². The molecule has 0 saturated heterocycles. The molecular weight excluding hydrogens is 1530 g/mol. The topological polar surface area (TPSA) is 49.2 Å². The molecule has 3 heterocycles. The molecule has 580 valence electrons. The SMILES string of the molecule is c1ccc(-c2cccc3sc4c(Nc5cccc6c5C(c5ccccc5)(c5ccccc5)c5ccccc5-6)cccc4c23)cc1.c1ccc(C2(c3ccccc3)c3ccccc3-c3c(Nc4ccc5oc6ccccc6c5c4)cccc32)cc1.c1ccc(C2(c3ccccc3)c3ccccc3-c3c(Nc4cccc5c4sc4ccccc45)cccc32)cc1. The Labute approximate surface area is 722 Å². The Morgan fingerprint density at radius 2 is 0.569 bits per heavy atom. The van der Waals surface area contributed by atoms with Crippen molar-refractivity contribution >= 4 is 119 Å². The third kappa shape index (κ3) is 11.7. The molecular formula is C117H79N3OS2. The van der Waals surface area contributed by atoms with E-state index in [4.69, 9.17) is 4.42 Å². The molecule has 0 saturated carbocycles. The Hall–Kier alpha value is -15.2. The normalized spacial score (nSPS) is 13.2. The number of hydrogen-bond donors (Lipinski definition) is 3. The summed E-state index contributed by atoms with van der Waals surface area (Å²) in [5.74, 6) is 0. The fraction of sp³-hybridized carbons (Fsp3) is 0.0256. The Bertz CT molecular complexity index is 7640. The van der Waals surface area contributed by atoms with Crippen LogP contribution in [0.25, 0.3) is 107 Å². The van der Waals surface area contributed by atoms with Gasteiger partial charge in [-0.15, -0.1) is 22.7 Å². The van der Waals surface area contributed by atoms with Gasteiger partial charge in [-0.1, -0.05) is 394 Å². The Kier molecular flexibility index (Phi) is 18.0. The van der Waals surface area contributed by atoms with Gasteiger partial charge in [0.2, 0.25) is 0 Å². The van der Waals surface area contributed by atoms with E-state index in [1.165, 1.54) is 152 Å². The molecule has 0 bridgehead atoms. The second kappa shape index (κ2) is 30.3. The first-order chi connectivity index (χ1) is 61.0. The number of hydrogen-bond acceptors (Lipinski definition) is 6. The van der Waals surface area contributed by atoms with E-state index in [2.05, 4.69) is 465 Å². The van der Waals surface area contributed by atoms with Crippen molar-refractivity contribution in [2.24, 2.45) is 0 Å². The number of furan rings is 1. The van der Waals surface area contributed by atoms with Gasteiger partial charge < -0.3 is 20.4 Å². The number of rotatable bonds is 13. The van der Waals surface area contributed by atoms with Crippen LogP contribution in [-0.2, 0) is 16.2 Å². The standard InChI is InChI=1S/C43H29NS.C37H25NO.C37H25NS/c1-4-15-29(16-5-1)32-22-14-28-39-40(32)35-24-13-27-38(42(35)45-39)44-37-26-12-23-34-33-21-10-11-25-36(33)43(41(34)37,30-17-6-2-7-18-30)31-19-8-3-9-20-31;1-3-12-25(13-4-1)37(26-14-5-2-6-15-26)31-18-9-7-17-29(31)36-32(37)19-11-20-33(36)38-27-22-23-35-30(24-27)28-16-8-10-21-34(28)39-35;1-3-13-25(14-4-1)37(26-15-5-2-6-16-26)30-20-9-7-18-29(30)35-31(37)21-12-22-32(35)38-33-23-11-19-28-27-17-8-10-24-34(27)39-36(28)33/h1-28,44H;2*1-24,38H. The van der Waals surface area contributed by atoms with Gasteiger partial charge in [0.1, 0.15) is 11.2 Å². The lowest BCUT2D eigenvalue weighted by atomic mass is 9.67. The molecule has 3 aliphatic carbocycles. The molecule has 0 spiro atoms. The first-order valence-corrected chi connectivity index (χ1v) is 43.8. The van der Waals surface area contributed by atoms with Crippen LogP contribution in [0.5, 0.6) is 0 Å². The predicted octanol–water partition coefficient (Wildman–Crippen LogP) is 31.7. The maximum Gasteiger partial charge on any atom is 0.135 e. The van der Waals surface area contributed by atoms with Crippen molar-refractivity contribution in [3.63, 3.8) is 0 Å². The zero-order valence-corrected chi connectivity index (χ0v) is 68.7. The van der Waals surface area contributed by atoms with Crippen molar-refractivity contribution in [3.8, 4) is 44.5 Å². The molecule has 0 atom stereocenters. The highest BCUT2D eigenvalue weighted by Crippen LogP contribution is 2.63. The van der Waals surface area contributed by atoms with Crippen LogP contribution >= 0.6 is 22.7 Å². The molecule has 0 unspecified atom stereocenters. The van der Waals surface area contributed by atoms with Crippen molar-refractivity contribution in [2.45, 2.75) is 16.2 Å². The molecule has 0 aliphatic heterocycles. The van der Waals surface area contributed by atoms with E-state index < -0.39 is 16.2 Å². The highest BCUT2D eigenvalue weighted by atomic mass is 32.1. The zero-order chi connectivity index (χ0) is 81.4. The lowest BCUT2D eigenvalue weighted by Crippen LogP contribution is -2.29. The summed E-state index contributed by atoms with van der Waals surface area (Å²) in [5, 5.41) is 19.2. The third-order valence-electron chi connectivity index (χ3n) is 25.6. The molecule has 4 nitrogen and oxygen atoms in total. The Balaban J connectivity index is 0.000000107. The van der Waals surface area contributed by atoms with Crippen LogP contribution in [0.2, 0.25) is 0 Å². The van der Waals surface area contributed by atoms with Crippen LogP contribution in [0.15, 0.2) is 465 Å². The lowest BCUT2D eigenvalue weighted by Gasteiger charge is -2.35. The smallest absolute Gasteiger partial charge is 0.135 e. The molecule has 6 heteroatoms. The summed E-state index contributed by atoms with van der Waals surface area (Å²) in [6.07, 6.45) is 0. The minimum atomic E-state index is -0.466. The molecule has 3 N–H and O–H groups in total. The van der Waals surface area contributed by atoms with E-state index in [-0.39, 0.29) is 0 Å². The molecule has 0 fully saturated rings. The quantitative estimate of drug-likeness (QED) is 0.108. The monoisotopic (exact) mass is 1610 g/mol. The second-order valence-corrected chi connectivity index (χ2v) is 34.2. The fourth-order valence-electron chi connectivity index (χ4n) is 20.7. The molecule has 3 aromatic heterocycles. The molecule has 3 aliphatic rings. The molecule has 22 aromatic rings. The van der Waals surface area contributed by atoms with E-state index in [0.29, 0.717) is 0 Å². The summed E-state index contributed by atoms with van der Waals surface area (Å²) in [7, 11) is 0. The van der Waals surface area contributed by atoms with Gasteiger partial charge in [0.15, 0.2) is 0 Å². The minimum Gasteiger partial charge on any atom is -0.456 e. The highest BCUT2D eigenvalue weighted by Gasteiger charge is 2.50. The number of anilines is 6. The highest BCUT2D eigenvalue weighted by molar-refractivity contribution is 7.27. The van der Waals surface area contributed by atoms with Crippen LogP contribution in [0, 0.1) is 0 Å². The second-order valence-electron chi connectivity index (χ2n) is 32.1. The van der Waals surface area contributed by atoms with Gasteiger partial charge >= 0.3 is 0 Å². The summed E-state index contributed by atoms with van der Waals surface area (Å²) >= 11 is 3.72. The van der Waals surface area contributed by atoms with Crippen molar-refractivity contribution in [1.82, 2.24) is 0 Å². The Morgan fingerprint density at radius 1 is 0.211 bits per heavy atom. The van der Waals surface area contributed by atoms with E-state index >= 15 is 0 Å². The van der Waals surface area contributed by atoms with Gasteiger partial charge in [-0.3, -0.25) is 0 Å². The van der Waals surface area contributed by atoms with Gasteiger partial charge in [-0.05, 0) is 161 Å². The average Bonchev–Trinajstić information content (AvgIpc) is 1.55. The molecule has 25 rings (SSSR count). The van der Waals surface area contributed by atoms with Crippen molar-refractivity contribution < 1.29 is 4.42 Å². The van der Waals surface area contributed by atoms with Crippen molar-refractivity contribution in [1.29, 1.82) is 0 Å². The third-order valence-corrected chi connectivity index (χ3v) is 28.1. The van der Waals surface area contributed by atoms with Crippen LogP contribution in [0.1, 0.15) is 66.8 Å². The van der Waals surface area contributed by atoms with Gasteiger partial charge in [0, 0.05) is 81.2 Å². The van der Waals surface area contributed by atoms with Crippen molar-refractivity contribution in [2.75, 3.05) is 16.0 Å². The summed E-state index contributed by atoms with van der Waals surface area (Å²) < 4.78 is 11.3. The Morgan fingerprint density at radius 3 is 1.14 bits per heavy atom. The lowest BCUT2D eigenvalue weighted by molar-refractivity contribution is 0.669. The summed E-state index contributed by atoms with van der Waals surface area (Å²) in [6.45, 7) is 0. The molecule has 0 amide bonds. The van der Waals surface area contributed by atoms with Gasteiger partial charge in [-0.2, -0.15) is 0 Å². The number of para-hydroxylation sites is 1. The van der Waals surface area contributed by atoms with Gasteiger partial charge in [0.25, 0.3) is 0 Å². The van der Waals surface area contributed by atoms with Gasteiger partial charge in [0.05, 0.1) is 37.0 Å². The number of thiophene rings is 2. The van der Waals surface area contributed by atoms with Crippen molar-refractivity contribution in [3.05, 3.63) is 528 Å². The molecule has 0 radical (unpaired) electrons. The molecule has 123 heavy (non-hydrogen) atoms. The summed E-state index contributed by atoms with van der Waals surface area (Å²) in [6, 6.07) is 167. The number of benzene rings is 19. The summed E-state index contributed by atoms with van der Waals surface area (Å²) in [4.78, 5) is 0. The largest absolute Gasteiger partial charge is 0.456 e. The maximum absolute atomic E-state index is 6.08. The number of fused-ring (bicyclic) bond motifs is 18. The van der Waals surface area contributed by atoms with E-state index in [1.54, 1.807) is 0 Å². The average molecular weight is 1610 g/mol. The first-order valence-electron chi connectivity index (χ1n) is 42.2. The van der Waals surface area contributed by atoms with E-state index in [1.807, 2.05) is 34.8 Å². The molecule has 19 aromatic carbocycles. The zero-order valence-electron chi connectivity index (χ0n) is 67.1. The van der Waals surface area contributed by atoms with Crippen LogP contribution in [-0.4, -0.2) is 0 Å². The summed E-state index contributed by atoms with van der Waals surface area (Å²) in [5.41, 5.74) is 32.9. The first kappa shape index (κ1) is 73.0. The van der Waals surface area contributed by atoms with Crippen LogP contribution in [0.4, 0.5) is 34.1 Å². The van der Waals surface area contributed by atoms with Crippen LogP contribution < -0.4 is 16.0 Å². The number of nitrogens with one attached hydrogen (secondary N) is 3. The fourth-order valence-corrected chi connectivity index (χ4v) is 23.1. The predicted molar refractivity (Wildman–Crippen MR) is 519 cm³/mol.